The van der Waals surface area contributed by atoms with Crippen LogP contribution in [0.15, 0.2) is 40.9 Å². The summed E-state index contributed by atoms with van der Waals surface area (Å²) < 4.78 is 6.07. The Hall–Kier alpha value is -1.46. The van der Waals surface area contributed by atoms with Crippen LogP contribution in [0.25, 0.3) is 0 Å². The number of carbonyl (C=O) groups is 1. The first-order chi connectivity index (χ1) is 8.65. The van der Waals surface area contributed by atoms with E-state index in [1.807, 2.05) is 24.3 Å². The molecule has 0 bridgehead atoms. The van der Waals surface area contributed by atoms with E-state index in [1.54, 1.807) is 0 Å². The van der Waals surface area contributed by atoms with Gasteiger partial charge in [-0.3, -0.25) is 0 Å². The molecule has 2 rings (SSSR count). The van der Waals surface area contributed by atoms with Gasteiger partial charge in [-0.05, 0) is 29.8 Å². The maximum Gasteiger partial charge on any atom is 0.359 e. The van der Waals surface area contributed by atoms with E-state index in [2.05, 4.69) is 26.1 Å². The van der Waals surface area contributed by atoms with E-state index in [1.165, 1.54) is 12.1 Å². The zero-order valence-electron chi connectivity index (χ0n) is 9.14. The predicted octanol–water partition coefficient (Wildman–Crippen LogP) is 3.25. The number of ether oxygens (including phenoxy) is 1. The van der Waals surface area contributed by atoms with Gasteiger partial charge in [-0.15, -0.1) is 10.2 Å². The maximum absolute atomic E-state index is 11.6. The van der Waals surface area contributed by atoms with Crippen LogP contribution in [0.5, 0.6) is 0 Å². The highest BCUT2D eigenvalue weighted by molar-refractivity contribution is 9.10. The average Bonchev–Trinajstić information content (AvgIpc) is 2.38. The molecule has 4 nitrogen and oxygen atoms in total. The van der Waals surface area contributed by atoms with Gasteiger partial charge in [0, 0.05) is 4.47 Å². The van der Waals surface area contributed by atoms with Crippen molar-refractivity contribution in [2.75, 3.05) is 0 Å². The third-order valence-corrected chi connectivity index (χ3v) is 2.85. The second-order valence-corrected chi connectivity index (χ2v) is 4.75. The van der Waals surface area contributed by atoms with Gasteiger partial charge in [0.25, 0.3) is 0 Å². The van der Waals surface area contributed by atoms with Gasteiger partial charge in [0.1, 0.15) is 6.61 Å². The molecule has 0 N–H and O–H groups in total. The summed E-state index contributed by atoms with van der Waals surface area (Å²) in [5.41, 5.74) is 1.03. The molecule has 1 aromatic heterocycles. The molecule has 0 fully saturated rings. The van der Waals surface area contributed by atoms with Gasteiger partial charge in [0.05, 0.1) is 0 Å². The van der Waals surface area contributed by atoms with Crippen molar-refractivity contribution in [1.82, 2.24) is 10.2 Å². The van der Waals surface area contributed by atoms with Gasteiger partial charge < -0.3 is 4.74 Å². The first kappa shape index (κ1) is 13.0. The fraction of sp³-hybridized carbons (Fsp3) is 0.0833. The summed E-state index contributed by atoms with van der Waals surface area (Å²) in [6.07, 6.45) is 0. The van der Waals surface area contributed by atoms with E-state index in [4.69, 9.17) is 16.3 Å². The number of halogens is 2. The second kappa shape index (κ2) is 5.93. The predicted molar refractivity (Wildman–Crippen MR) is 70.3 cm³/mol. The largest absolute Gasteiger partial charge is 0.456 e. The molecule has 0 radical (unpaired) electrons. The summed E-state index contributed by atoms with van der Waals surface area (Å²) >= 11 is 8.90. The Morgan fingerprint density at radius 3 is 2.50 bits per heavy atom. The highest BCUT2D eigenvalue weighted by Gasteiger charge is 2.09. The lowest BCUT2D eigenvalue weighted by Gasteiger charge is -2.04. The monoisotopic (exact) mass is 326 g/mol. The van der Waals surface area contributed by atoms with Gasteiger partial charge in [-0.2, -0.15) is 0 Å². The fourth-order valence-corrected chi connectivity index (χ4v) is 1.59. The van der Waals surface area contributed by atoms with Crippen LogP contribution in [-0.4, -0.2) is 16.2 Å². The third-order valence-electron chi connectivity index (χ3n) is 2.12. The van der Waals surface area contributed by atoms with E-state index in [0.717, 1.165) is 10.0 Å². The van der Waals surface area contributed by atoms with Gasteiger partial charge >= 0.3 is 5.97 Å². The minimum absolute atomic E-state index is 0.136. The van der Waals surface area contributed by atoms with Gasteiger partial charge in [-0.1, -0.05) is 39.7 Å². The molecular formula is C12H8BrClN2O2. The number of rotatable bonds is 3. The zero-order chi connectivity index (χ0) is 13.0. The molecule has 92 valence electrons. The Bertz CT molecular complexity index is 543. The van der Waals surface area contributed by atoms with Crippen LogP contribution in [0, 0.1) is 0 Å². The summed E-state index contributed by atoms with van der Waals surface area (Å²) in [7, 11) is 0. The van der Waals surface area contributed by atoms with Crippen molar-refractivity contribution in [3.63, 3.8) is 0 Å². The van der Waals surface area contributed by atoms with E-state index < -0.39 is 5.97 Å². The minimum Gasteiger partial charge on any atom is -0.456 e. The molecular weight excluding hydrogens is 320 g/mol. The van der Waals surface area contributed by atoms with Crippen LogP contribution >= 0.6 is 27.5 Å². The summed E-state index contributed by atoms with van der Waals surface area (Å²) in [5.74, 6) is -0.526. The molecule has 6 heteroatoms. The van der Waals surface area contributed by atoms with Crippen molar-refractivity contribution < 1.29 is 9.53 Å². The van der Waals surface area contributed by atoms with Crippen molar-refractivity contribution in [2.45, 2.75) is 6.61 Å². The maximum atomic E-state index is 11.6. The Morgan fingerprint density at radius 2 is 1.89 bits per heavy atom. The van der Waals surface area contributed by atoms with Crippen LogP contribution in [0.4, 0.5) is 0 Å². The summed E-state index contributed by atoms with van der Waals surface area (Å²) in [4.78, 5) is 11.6. The van der Waals surface area contributed by atoms with E-state index in [9.17, 15) is 4.79 Å². The summed E-state index contributed by atoms with van der Waals surface area (Å²) in [6, 6.07) is 10.5. The van der Waals surface area contributed by atoms with Gasteiger partial charge in [-0.25, -0.2) is 4.79 Å². The zero-order valence-corrected chi connectivity index (χ0v) is 11.5. The SMILES string of the molecule is O=C(OCc1ccc(Br)cc1)c1ccc(Cl)nn1. The van der Waals surface area contributed by atoms with Crippen molar-refractivity contribution in [1.29, 1.82) is 0 Å². The first-order valence-corrected chi connectivity index (χ1v) is 6.23. The lowest BCUT2D eigenvalue weighted by atomic mass is 10.2. The normalized spacial score (nSPS) is 10.1. The summed E-state index contributed by atoms with van der Waals surface area (Å²) in [5, 5.41) is 7.45. The molecule has 18 heavy (non-hydrogen) atoms. The number of esters is 1. The Kier molecular flexibility index (Phi) is 4.28. The van der Waals surface area contributed by atoms with Crippen LogP contribution < -0.4 is 0 Å². The smallest absolute Gasteiger partial charge is 0.359 e. The highest BCUT2D eigenvalue weighted by atomic mass is 79.9. The molecule has 0 aliphatic carbocycles. The van der Waals surface area contributed by atoms with Crippen LogP contribution in [0.1, 0.15) is 16.1 Å². The minimum atomic E-state index is -0.526. The standard InChI is InChI=1S/C12H8BrClN2O2/c13-9-3-1-8(2-4-9)7-18-12(17)10-5-6-11(14)16-15-10/h1-6H,7H2. The number of benzene rings is 1. The second-order valence-electron chi connectivity index (χ2n) is 3.44. The number of carbonyl (C=O) groups excluding carboxylic acids is 1. The highest BCUT2D eigenvalue weighted by Crippen LogP contribution is 2.12. The Balaban J connectivity index is 1.96. The lowest BCUT2D eigenvalue weighted by Crippen LogP contribution is -2.08. The van der Waals surface area contributed by atoms with E-state index in [-0.39, 0.29) is 17.5 Å². The van der Waals surface area contributed by atoms with Crippen LogP contribution in [0.3, 0.4) is 0 Å². The molecule has 0 amide bonds. The van der Waals surface area contributed by atoms with Crippen molar-refractivity contribution in [2.24, 2.45) is 0 Å². The number of hydrogen-bond acceptors (Lipinski definition) is 4. The summed E-state index contributed by atoms with van der Waals surface area (Å²) in [6.45, 7) is 0.191. The van der Waals surface area contributed by atoms with Crippen LogP contribution in [-0.2, 0) is 11.3 Å². The molecule has 0 atom stereocenters. The number of aromatic nitrogens is 2. The molecule has 0 aliphatic rings. The molecule has 0 saturated carbocycles. The topological polar surface area (TPSA) is 52.1 Å². The molecule has 1 heterocycles. The molecule has 0 spiro atoms. The molecule has 0 unspecified atom stereocenters. The number of hydrogen-bond donors (Lipinski definition) is 0. The fourth-order valence-electron chi connectivity index (χ4n) is 1.23. The lowest BCUT2D eigenvalue weighted by molar-refractivity contribution is 0.0464. The third kappa shape index (κ3) is 3.51. The van der Waals surface area contributed by atoms with Crippen molar-refractivity contribution in [3.8, 4) is 0 Å². The van der Waals surface area contributed by atoms with E-state index in [0.29, 0.717) is 0 Å². The number of nitrogens with zero attached hydrogens (tertiary/aromatic N) is 2. The first-order valence-electron chi connectivity index (χ1n) is 5.06. The molecule has 1 aromatic carbocycles. The molecule has 0 saturated heterocycles. The van der Waals surface area contributed by atoms with Crippen molar-refractivity contribution in [3.05, 3.63) is 57.3 Å². The van der Waals surface area contributed by atoms with E-state index >= 15 is 0 Å². The van der Waals surface area contributed by atoms with Crippen molar-refractivity contribution >= 4 is 33.5 Å². The van der Waals surface area contributed by atoms with Gasteiger partial charge in [0.2, 0.25) is 0 Å². The molecule has 0 aliphatic heterocycles. The Labute approximate surface area is 117 Å². The average molecular weight is 328 g/mol. The van der Waals surface area contributed by atoms with Crippen LogP contribution in [0.2, 0.25) is 5.15 Å². The quantitative estimate of drug-likeness (QED) is 0.812. The van der Waals surface area contributed by atoms with Gasteiger partial charge in [0.15, 0.2) is 10.8 Å². The Morgan fingerprint density at radius 1 is 1.17 bits per heavy atom. The molecule has 2 aromatic rings.